The summed E-state index contributed by atoms with van der Waals surface area (Å²) in [7, 11) is 1.59. The number of nitrogens with one attached hydrogen (secondary N) is 2. The van der Waals surface area contributed by atoms with Gasteiger partial charge in [-0.15, -0.1) is 0 Å². The third-order valence-electron chi connectivity index (χ3n) is 2.87. The fourth-order valence-corrected chi connectivity index (χ4v) is 2.88. The average molecular weight is 300 g/mol. The molecule has 3 rings (SSSR count). The van der Waals surface area contributed by atoms with Gasteiger partial charge in [0.25, 0.3) is 0 Å². The first-order valence-electron chi connectivity index (χ1n) is 6.03. The van der Waals surface area contributed by atoms with E-state index in [2.05, 4.69) is 19.9 Å². The van der Waals surface area contributed by atoms with Crippen LogP contribution in [0.4, 0.5) is 0 Å². The van der Waals surface area contributed by atoms with Gasteiger partial charge in [-0.1, -0.05) is 11.8 Å². The minimum Gasteiger partial charge on any atom is -0.497 e. The third kappa shape index (κ3) is 2.52. The molecule has 8 heteroatoms. The second-order valence-corrected chi connectivity index (χ2v) is 5.19. The molecule has 2 heterocycles. The second-order valence-electron chi connectivity index (χ2n) is 4.16. The number of aromatic amines is 1. The Hall–Kier alpha value is -2.61. The van der Waals surface area contributed by atoms with Gasteiger partial charge in [-0.05, 0) is 18.2 Å². The van der Waals surface area contributed by atoms with Crippen LogP contribution in [0.15, 0.2) is 40.8 Å². The lowest BCUT2D eigenvalue weighted by Crippen LogP contribution is -2.12. The Morgan fingerprint density at radius 2 is 2.19 bits per heavy atom. The first kappa shape index (κ1) is 13.4. The van der Waals surface area contributed by atoms with E-state index < -0.39 is 0 Å². The molecular formula is C13H12N6OS. The number of aromatic nitrogens is 4. The van der Waals surface area contributed by atoms with E-state index in [1.807, 2.05) is 6.07 Å². The Bertz CT molecular complexity index is 815. The Morgan fingerprint density at radius 3 is 2.95 bits per heavy atom. The number of ether oxygens (including phenoxy) is 1. The molecular weight excluding hydrogens is 288 g/mol. The summed E-state index contributed by atoms with van der Waals surface area (Å²) in [6.07, 6.45) is 3.03. The minimum atomic E-state index is -0.00457. The van der Waals surface area contributed by atoms with Crippen LogP contribution in [0.5, 0.6) is 5.75 Å². The predicted molar refractivity (Wildman–Crippen MR) is 79.8 cm³/mol. The first-order chi connectivity index (χ1) is 10.2. The maximum absolute atomic E-state index is 7.67. The van der Waals surface area contributed by atoms with Crippen LogP contribution in [-0.4, -0.2) is 32.9 Å². The van der Waals surface area contributed by atoms with E-state index in [4.69, 9.17) is 15.9 Å². The van der Waals surface area contributed by atoms with Crippen LogP contribution in [-0.2, 0) is 0 Å². The fraction of sp³-hybridized carbons (Fsp3) is 0.0769. The molecule has 7 nitrogen and oxygen atoms in total. The lowest BCUT2D eigenvalue weighted by Gasteiger charge is -2.09. The molecule has 0 saturated heterocycles. The number of methoxy groups -OCH3 is 1. The number of fused-ring (bicyclic) bond motifs is 1. The lowest BCUT2D eigenvalue weighted by atomic mass is 10.2. The zero-order chi connectivity index (χ0) is 14.8. The van der Waals surface area contributed by atoms with E-state index in [1.54, 1.807) is 25.6 Å². The van der Waals surface area contributed by atoms with Crippen molar-refractivity contribution in [3.63, 3.8) is 0 Å². The predicted octanol–water partition coefficient (Wildman–Crippen LogP) is 1.80. The summed E-state index contributed by atoms with van der Waals surface area (Å²) >= 11 is 1.38. The molecule has 0 unspecified atom stereocenters. The highest BCUT2D eigenvalue weighted by atomic mass is 32.2. The SMILES string of the molecule is COc1ccc(C(=N)N)c(Sc2ncnc3nc[nH]c23)c1. The topological polar surface area (TPSA) is 114 Å². The van der Waals surface area contributed by atoms with Crippen molar-refractivity contribution in [2.75, 3.05) is 7.11 Å². The summed E-state index contributed by atoms with van der Waals surface area (Å²) in [5, 5.41) is 8.39. The van der Waals surface area contributed by atoms with Crippen molar-refractivity contribution in [1.29, 1.82) is 5.41 Å². The monoisotopic (exact) mass is 300 g/mol. The van der Waals surface area contributed by atoms with Crippen LogP contribution < -0.4 is 10.5 Å². The Balaban J connectivity index is 2.08. The minimum absolute atomic E-state index is 0.00457. The zero-order valence-electron chi connectivity index (χ0n) is 11.1. The van der Waals surface area contributed by atoms with Crippen molar-refractivity contribution >= 4 is 28.8 Å². The van der Waals surface area contributed by atoms with E-state index in [1.165, 1.54) is 18.1 Å². The van der Waals surface area contributed by atoms with Gasteiger partial charge in [0, 0.05) is 10.5 Å². The van der Waals surface area contributed by atoms with Gasteiger partial charge >= 0.3 is 0 Å². The third-order valence-corrected chi connectivity index (χ3v) is 3.93. The lowest BCUT2D eigenvalue weighted by molar-refractivity contribution is 0.413. The first-order valence-corrected chi connectivity index (χ1v) is 6.85. The Kier molecular flexibility index (Phi) is 3.44. The maximum Gasteiger partial charge on any atom is 0.181 e. The van der Waals surface area contributed by atoms with Crippen molar-refractivity contribution in [2.24, 2.45) is 5.73 Å². The van der Waals surface area contributed by atoms with E-state index in [0.29, 0.717) is 22.0 Å². The quantitative estimate of drug-likeness (QED) is 0.384. The van der Waals surface area contributed by atoms with Crippen LogP contribution in [0, 0.1) is 5.41 Å². The molecule has 0 saturated carbocycles. The van der Waals surface area contributed by atoms with Gasteiger partial charge in [0.1, 0.15) is 28.5 Å². The van der Waals surface area contributed by atoms with Crippen molar-refractivity contribution in [1.82, 2.24) is 19.9 Å². The summed E-state index contributed by atoms with van der Waals surface area (Å²) < 4.78 is 5.22. The zero-order valence-corrected chi connectivity index (χ0v) is 11.9. The van der Waals surface area contributed by atoms with Gasteiger partial charge in [0.15, 0.2) is 5.65 Å². The van der Waals surface area contributed by atoms with Crippen LogP contribution in [0.2, 0.25) is 0 Å². The summed E-state index contributed by atoms with van der Waals surface area (Å²) in [4.78, 5) is 16.2. The van der Waals surface area contributed by atoms with Crippen molar-refractivity contribution in [3.8, 4) is 5.75 Å². The summed E-state index contributed by atoms with van der Waals surface area (Å²) in [6.45, 7) is 0. The molecule has 0 amide bonds. The van der Waals surface area contributed by atoms with Gasteiger partial charge < -0.3 is 15.5 Å². The van der Waals surface area contributed by atoms with Crippen LogP contribution in [0.3, 0.4) is 0 Å². The van der Waals surface area contributed by atoms with Crippen molar-refractivity contribution in [2.45, 2.75) is 9.92 Å². The molecule has 0 aliphatic carbocycles. The Labute approximate surface area is 124 Å². The number of amidine groups is 1. The molecule has 3 aromatic rings. The number of nitrogens with zero attached hydrogens (tertiary/aromatic N) is 3. The summed E-state index contributed by atoms with van der Waals surface area (Å²) in [6, 6.07) is 5.35. The number of hydrogen-bond acceptors (Lipinski definition) is 6. The highest BCUT2D eigenvalue weighted by Gasteiger charge is 2.13. The number of imidazole rings is 1. The number of nitrogen functional groups attached to an aromatic ring is 1. The number of benzene rings is 1. The molecule has 106 valence electrons. The average Bonchev–Trinajstić information content (AvgIpc) is 2.96. The number of nitrogens with two attached hydrogens (primary N) is 1. The summed E-state index contributed by atoms with van der Waals surface area (Å²) in [5.41, 5.74) is 7.61. The highest BCUT2D eigenvalue weighted by molar-refractivity contribution is 7.99. The summed E-state index contributed by atoms with van der Waals surface area (Å²) in [5.74, 6) is 0.687. The van der Waals surface area contributed by atoms with Gasteiger partial charge in [-0.3, -0.25) is 5.41 Å². The number of hydrogen-bond donors (Lipinski definition) is 3. The normalized spacial score (nSPS) is 10.7. The van der Waals surface area contributed by atoms with Crippen LogP contribution >= 0.6 is 11.8 Å². The van der Waals surface area contributed by atoms with E-state index in [9.17, 15) is 0 Å². The van der Waals surface area contributed by atoms with Gasteiger partial charge in [-0.2, -0.15) is 0 Å². The van der Waals surface area contributed by atoms with Crippen molar-refractivity contribution < 1.29 is 4.74 Å². The molecule has 0 aliphatic heterocycles. The van der Waals surface area contributed by atoms with Gasteiger partial charge in [-0.25, -0.2) is 15.0 Å². The highest BCUT2D eigenvalue weighted by Crippen LogP contribution is 2.34. The molecule has 0 aliphatic rings. The number of H-pyrrole nitrogens is 1. The molecule has 4 N–H and O–H groups in total. The number of rotatable bonds is 4. The molecule has 21 heavy (non-hydrogen) atoms. The van der Waals surface area contributed by atoms with Crippen molar-refractivity contribution in [3.05, 3.63) is 36.4 Å². The van der Waals surface area contributed by atoms with Gasteiger partial charge in [0.2, 0.25) is 0 Å². The molecule has 0 radical (unpaired) electrons. The molecule has 2 aromatic heterocycles. The largest absolute Gasteiger partial charge is 0.497 e. The molecule has 0 bridgehead atoms. The smallest absolute Gasteiger partial charge is 0.181 e. The van der Waals surface area contributed by atoms with E-state index in [-0.39, 0.29) is 5.84 Å². The Morgan fingerprint density at radius 1 is 1.33 bits per heavy atom. The maximum atomic E-state index is 7.67. The molecule has 0 fully saturated rings. The molecule has 1 aromatic carbocycles. The molecule has 0 atom stereocenters. The van der Waals surface area contributed by atoms with E-state index >= 15 is 0 Å². The van der Waals surface area contributed by atoms with E-state index in [0.717, 1.165) is 10.4 Å². The van der Waals surface area contributed by atoms with Gasteiger partial charge in [0.05, 0.1) is 13.4 Å². The second kappa shape index (κ2) is 5.41. The molecule has 0 spiro atoms. The van der Waals surface area contributed by atoms with Crippen LogP contribution in [0.25, 0.3) is 11.2 Å². The van der Waals surface area contributed by atoms with Crippen LogP contribution in [0.1, 0.15) is 5.56 Å². The fourth-order valence-electron chi connectivity index (χ4n) is 1.86. The standard InChI is InChI=1S/C13H12N6OS/c1-20-7-2-3-8(11(14)15)9(4-7)21-13-10-12(17-5-16-10)18-6-19-13/h2-6H,1H3,(H3,14,15)(H,16,17,18,19).